The van der Waals surface area contributed by atoms with Gasteiger partial charge in [0.05, 0.1) is 30.8 Å². The number of carbonyl (C=O) groups excluding carboxylic acids is 3. The topological polar surface area (TPSA) is 96.4 Å². The van der Waals surface area contributed by atoms with Crippen molar-refractivity contribution in [2.24, 2.45) is 11.8 Å². The van der Waals surface area contributed by atoms with E-state index in [1.165, 1.54) is 4.90 Å². The normalized spacial score (nSPS) is 38.4. The number of nitrogens with zero attached hydrogens (tertiary/aromatic N) is 2. The molecule has 170 valence electrons. The van der Waals surface area contributed by atoms with Crippen LogP contribution in [-0.2, 0) is 23.9 Å². The number of fused-ring (bicyclic) bond motifs is 2. The number of likely N-dealkylation sites (tertiary alicyclic amines) is 1. The minimum atomic E-state index is -1.30. The quantitative estimate of drug-likeness (QED) is 0.527. The highest BCUT2D eigenvalue weighted by molar-refractivity contribution is 5.99. The van der Waals surface area contributed by atoms with Crippen molar-refractivity contribution in [1.82, 2.24) is 9.80 Å². The van der Waals surface area contributed by atoms with E-state index in [1.807, 2.05) is 45.1 Å². The summed E-state index contributed by atoms with van der Waals surface area (Å²) in [6.45, 7) is 7.87. The van der Waals surface area contributed by atoms with Crippen molar-refractivity contribution in [3.8, 4) is 0 Å². The van der Waals surface area contributed by atoms with E-state index in [1.54, 1.807) is 11.8 Å². The number of hydrogen-bond acceptors (Lipinski definition) is 6. The van der Waals surface area contributed by atoms with E-state index in [4.69, 9.17) is 9.47 Å². The molecule has 2 amide bonds. The third-order valence-corrected chi connectivity index (χ3v) is 7.19. The molecule has 1 spiro atoms. The molecule has 6 atom stereocenters. The number of hydrogen-bond donors (Lipinski definition) is 1. The van der Waals surface area contributed by atoms with Crippen LogP contribution in [0.2, 0.25) is 0 Å². The van der Waals surface area contributed by atoms with Gasteiger partial charge in [0.1, 0.15) is 17.6 Å². The van der Waals surface area contributed by atoms with Crippen molar-refractivity contribution in [3.05, 3.63) is 24.3 Å². The zero-order valence-corrected chi connectivity index (χ0v) is 18.6. The Morgan fingerprint density at radius 2 is 1.90 bits per heavy atom. The molecule has 0 radical (unpaired) electrons. The molecule has 0 aromatic carbocycles. The SMILES string of the molecule is CC[C@@H](CO)N1C(=O)[C@@H]2[C@H]3C(=O)OCCC=C[C@@]3(C)O[C@@]23C=CCN(C(C)C)C(=O)C13. The zero-order chi connectivity index (χ0) is 22.6. The summed E-state index contributed by atoms with van der Waals surface area (Å²) in [6.07, 6.45) is 8.45. The predicted octanol–water partition coefficient (Wildman–Crippen LogP) is 1.04. The molecule has 31 heavy (non-hydrogen) atoms. The largest absolute Gasteiger partial charge is 0.465 e. The summed E-state index contributed by atoms with van der Waals surface area (Å²) < 4.78 is 12.1. The summed E-state index contributed by atoms with van der Waals surface area (Å²) in [6, 6.07) is -1.57. The van der Waals surface area contributed by atoms with Gasteiger partial charge >= 0.3 is 5.97 Å². The summed E-state index contributed by atoms with van der Waals surface area (Å²) in [5, 5.41) is 10.0. The van der Waals surface area contributed by atoms with Gasteiger partial charge in [-0.15, -0.1) is 0 Å². The molecule has 1 unspecified atom stereocenters. The van der Waals surface area contributed by atoms with Crippen molar-refractivity contribution in [2.75, 3.05) is 19.8 Å². The zero-order valence-electron chi connectivity index (χ0n) is 18.6. The average molecular weight is 433 g/mol. The van der Waals surface area contributed by atoms with Crippen LogP contribution in [0.25, 0.3) is 0 Å². The van der Waals surface area contributed by atoms with Crippen LogP contribution in [0.5, 0.6) is 0 Å². The predicted molar refractivity (Wildman–Crippen MR) is 112 cm³/mol. The van der Waals surface area contributed by atoms with Crippen LogP contribution in [0.3, 0.4) is 0 Å². The molecule has 0 saturated carbocycles. The Morgan fingerprint density at radius 3 is 2.55 bits per heavy atom. The molecule has 0 aromatic heterocycles. The Bertz CT molecular complexity index is 834. The van der Waals surface area contributed by atoms with Crippen LogP contribution in [0.15, 0.2) is 24.3 Å². The first-order chi connectivity index (χ1) is 14.7. The summed E-state index contributed by atoms with van der Waals surface area (Å²) in [5.41, 5.74) is -2.37. The first kappa shape index (κ1) is 22.0. The molecule has 2 saturated heterocycles. The summed E-state index contributed by atoms with van der Waals surface area (Å²) in [5.74, 6) is -2.81. The van der Waals surface area contributed by atoms with Crippen molar-refractivity contribution in [3.63, 3.8) is 0 Å². The fourth-order valence-corrected chi connectivity index (χ4v) is 5.72. The Labute approximate surface area is 182 Å². The Kier molecular flexibility index (Phi) is 5.50. The van der Waals surface area contributed by atoms with Crippen molar-refractivity contribution < 1.29 is 29.0 Å². The lowest BCUT2D eigenvalue weighted by Gasteiger charge is -2.40. The standard InChI is InChI=1S/C23H32N2O6/c1-5-15(13-26)25-18-20(28)24(14(2)3)11-8-10-23(18)16(19(25)27)17-21(29)30-12-7-6-9-22(17,4)31-23/h6,8-10,14-18,26H,5,7,11-13H2,1-4H3/t15-,16-,17-,18?,22+,23-/m0/s1. The number of cyclic esters (lactones) is 1. The van der Waals surface area contributed by atoms with E-state index in [-0.39, 0.29) is 31.1 Å². The molecule has 4 rings (SSSR count). The third kappa shape index (κ3) is 3.06. The minimum absolute atomic E-state index is 0.0759. The van der Waals surface area contributed by atoms with Gasteiger partial charge in [0.2, 0.25) is 11.8 Å². The van der Waals surface area contributed by atoms with Crippen LogP contribution >= 0.6 is 0 Å². The molecule has 0 bridgehead atoms. The van der Waals surface area contributed by atoms with Crippen molar-refractivity contribution in [1.29, 1.82) is 0 Å². The molecule has 4 heterocycles. The van der Waals surface area contributed by atoms with Crippen LogP contribution in [0.1, 0.15) is 40.5 Å². The Hall–Kier alpha value is -2.19. The second-order valence-corrected chi connectivity index (χ2v) is 9.33. The summed E-state index contributed by atoms with van der Waals surface area (Å²) in [7, 11) is 0. The molecule has 8 heteroatoms. The van der Waals surface area contributed by atoms with Gasteiger partial charge in [0, 0.05) is 12.6 Å². The van der Waals surface area contributed by atoms with E-state index >= 15 is 0 Å². The molecule has 0 aromatic rings. The number of esters is 1. The monoisotopic (exact) mass is 432 g/mol. The van der Waals surface area contributed by atoms with Crippen molar-refractivity contribution >= 4 is 17.8 Å². The maximum Gasteiger partial charge on any atom is 0.313 e. The molecule has 0 aliphatic carbocycles. The lowest BCUT2D eigenvalue weighted by atomic mass is 9.74. The fourth-order valence-electron chi connectivity index (χ4n) is 5.72. The van der Waals surface area contributed by atoms with Gasteiger partial charge < -0.3 is 24.4 Å². The maximum absolute atomic E-state index is 13.9. The molecule has 2 fully saturated rings. The third-order valence-electron chi connectivity index (χ3n) is 7.19. The van der Waals surface area contributed by atoms with E-state index in [0.29, 0.717) is 19.4 Å². The van der Waals surface area contributed by atoms with Gasteiger partial charge in [0.15, 0.2) is 0 Å². The van der Waals surface area contributed by atoms with Crippen molar-refractivity contribution in [2.45, 2.75) is 69.9 Å². The highest BCUT2D eigenvalue weighted by Crippen LogP contribution is 2.57. The number of carbonyl (C=O) groups is 3. The molecule has 4 aliphatic rings. The van der Waals surface area contributed by atoms with E-state index < -0.39 is 41.1 Å². The second-order valence-electron chi connectivity index (χ2n) is 9.33. The average Bonchev–Trinajstić information content (AvgIpc) is 3.03. The number of aliphatic hydroxyl groups is 1. The Balaban J connectivity index is 1.92. The summed E-state index contributed by atoms with van der Waals surface area (Å²) >= 11 is 0. The van der Waals surface area contributed by atoms with Gasteiger partial charge in [-0.05, 0) is 33.6 Å². The lowest BCUT2D eigenvalue weighted by molar-refractivity contribution is -0.162. The van der Waals surface area contributed by atoms with Crippen LogP contribution in [-0.4, -0.2) is 81.8 Å². The maximum atomic E-state index is 13.9. The first-order valence-corrected chi connectivity index (χ1v) is 11.2. The molecule has 8 nitrogen and oxygen atoms in total. The first-order valence-electron chi connectivity index (χ1n) is 11.2. The van der Waals surface area contributed by atoms with Crippen LogP contribution in [0, 0.1) is 11.8 Å². The highest BCUT2D eigenvalue weighted by atomic mass is 16.6. The molecular weight excluding hydrogens is 400 g/mol. The number of amides is 2. The number of rotatable bonds is 4. The Morgan fingerprint density at radius 1 is 1.16 bits per heavy atom. The van der Waals surface area contributed by atoms with E-state index in [0.717, 1.165) is 0 Å². The van der Waals surface area contributed by atoms with E-state index in [2.05, 4.69) is 0 Å². The van der Waals surface area contributed by atoms with Gasteiger partial charge in [0.25, 0.3) is 0 Å². The van der Waals surface area contributed by atoms with Gasteiger partial charge in [-0.2, -0.15) is 0 Å². The fraction of sp³-hybridized carbons (Fsp3) is 0.696. The second kappa shape index (κ2) is 7.74. The van der Waals surface area contributed by atoms with Crippen LogP contribution in [0.4, 0.5) is 0 Å². The molecular formula is C23H32N2O6. The van der Waals surface area contributed by atoms with Gasteiger partial charge in [-0.25, -0.2) is 0 Å². The van der Waals surface area contributed by atoms with Crippen LogP contribution < -0.4 is 0 Å². The van der Waals surface area contributed by atoms with Gasteiger partial charge in [-0.3, -0.25) is 14.4 Å². The van der Waals surface area contributed by atoms with E-state index in [9.17, 15) is 19.5 Å². The molecule has 4 aliphatic heterocycles. The van der Waals surface area contributed by atoms with Gasteiger partial charge in [-0.1, -0.05) is 31.2 Å². The number of aliphatic hydroxyl groups excluding tert-OH is 1. The lowest BCUT2D eigenvalue weighted by Crippen LogP contribution is -2.59. The highest BCUT2D eigenvalue weighted by Gasteiger charge is 2.75. The molecule has 1 N–H and O–H groups in total. The number of ether oxygens (including phenoxy) is 2. The summed E-state index contributed by atoms with van der Waals surface area (Å²) in [4.78, 5) is 44.0. The minimum Gasteiger partial charge on any atom is -0.465 e. The smallest absolute Gasteiger partial charge is 0.313 e.